The summed E-state index contributed by atoms with van der Waals surface area (Å²) in [5, 5.41) is 0. The molecule has 0 unspecified atom stereocenters. The van der Waals surface area contributed by atoms with E-state index in [1.54, 1.807) is 0 Å². The van der Waals surface area contributed by atoms with Gasteiger partial charge in [-0.2, -0.15) is 0 Å². The molecule has 3 aliphatic rings. The number of carbonyl (C=O) groups is 1. The van der Waals surface area contributed by atoms with Crippen LogP contribution in [0.3, 0.4) is 0 Å². The molecule has 138 valence electrons. The Labute approximate surface area is 144 Å². The predicted molar refractivity (Wildman–Crippen MR) is 91.0 cm³/mol. The number of rotatable bonds is 5. The fourth-order valence-electron chi connectivity index (χ4n) is 4.14. The number of nitrogens with one attached hydrogen (secondary N) is 1. The van der Waals surface area contributed by atoms with Gasteiger partial charge in [0.25, 0.3) is 0 Å². The summed E-state index contributed by atoms with van der Waals surface area (Å²) in [7, 11) is -3.25. The lowest BCUT2D eigenvalue weighted by Crippen LogP contribution is -2.49. The van der Waals surface area contributed by atoms with Gasteiger partial charge in [-0.1, -0.05) is 0 Å². The van der Waals surface area contributed by atoms with Crippen LogP contribution in [-0.4, -0.2) is 81.4 Å². The average molecular weight is 359 g/mol. The largest absolute Gasteiger partial charge is 0.373 e. The third-order valence-electron chi connectivity index (χ3n) is 5.16. The van der Waals surface area contributed by atoms with Crippen molar-refractivity contribution in [3.05, 3.63) is 0 Å². The fourth-order valence-corrected chi connectivity index (χ4v) is 4.94. The number of amides is 1. The number of likely N-dealkylation sites (tertiary alicyclic amines) is 1. The second-order valence-corrected chi connectivity index (χ2v) is 9.53. The topological polar surface area (TPSA) is 79.0 Å². The highest BCUT2D eigenvalue weighted by Gasteiger charge is 2.44. The van der Waals surface area contributed by atoms with Crippen LogP contribution in [0.4, 0.5) is 0 Å². The number of hydrogen-bond donors (Lipinski definition) is 1. The maximum absolute atomic E-state index is 12.7. The highest BCUT2D eigenvalue weighted by molar-refractivity contribution is 7.88. The molecule has 3 fully saturated rings. The monoisotopic (exact) mass is 359 g/mol. The van der Waals surface area contributed by atoms with Crippen LogP contribution in [0.1, 0.15) is 26.7 Å². The maximum Gasteiger partial charge on any atom is 0.236 e. The molecule has 2 aliphatic heterocycles. The van der Waals surface area contributed by atoms with E-state index in [-0.39, 0.29) is 30.1 Å². The molecule has 4 atom stereocenters. The van der Waals surface area contributed by atoms with E-state index in [1.165, 1.54) is 6.26 Å². The molecule has 1 amide bonds. The van der Waals surface area contributed by atoms with Crippen LogP contribution >= 0.6 is 0 Å². The van der Waals surface area contributed by atoms with E-state index in [9.17, 15) is 13.2 Å². The standard InChI is InChI=1S/C16H29N3O4S/c1-11-6-18(7-12(2)23-11)10-16(20)19-8-14(13-4-5-13)15(9-19)17-24(3,21)22/h11-15,17H,4-10H2,1-3H3/t11-,12+,14-,15+/m0/s1. The second kappa shape index (κ2) is 6.90. The molecule has 0 bridgehead atoms. The predicted octanol–water partition coefficient (Wildman–Crippen LogP) is -0.118. The number of hydrogen-bond acceptors (Lipinski definition) is 5. The molecule has 0 aromatic heterocycles. The van der Waals surface area contributed by atoms with Crippen molar-refractivity contribution in [3.63, 3.8) is 0 Å². The van der Waals surface area contributed by atoms with Crippen LogP contribution in [0.2, 0.25) is 0 Å². The van der Waals surface area contributed by atoms with Crippen molar-refractivity contribution in [2.45, 2.75) is 44.9 Å². The minimum Gasteiger partial charge on any atom is -0.373 e. The van der Waals surface area contributed by atoms with E-state index in [1.807, 2.05) is 18.7 Å². The van der Waals surface area contributed by atoms with Gasteiger partial charge in [0.15, 0.2) is 0 Å². The molecule has 8 heteroatoms. The molecule has 0 radical (unpaired) electrons. The van der Waals surface area contributed by atoms with Crippen molar-refractivity contribution in [1.29, 1.82) is 0 Å². The Bertz CT molecular complexity index is 568. The van der Waals surface area contributed by atoms with Gasteiger partial charge in [0.05, 0.1) is 25.0 Å². The van der Waals surface area contributed by atoms with Gasteiger partial charge in [-0.3, -0.25) is 9.69 Å². The molecule has 24 heavy (non-hydrogen) atoms. The third kappa shape index (κ3) is 4.68. The highest BCUT2D eigenvalue weighted by Crippen LogP contribution is 2.41. The van der Waals surface area contributed by atoms with Crippen molar-refractivity contribution in [3.8, 4) is 0 Å². The molecule has 1 N–H and O–H groups in total. The van der Waals surface area contributed by atoms with E-state index >= 15 is 0 Å². The van der Waals surface area contributed by atoms with E-state index in [0.717, 1.165) is 25.9 Å². The summed E-state index contributed by atoms with van der Waals surface area (Å²) in [6.45, 7) is 7.13. The average Bonchev–Trinajstić information content (AvgIpc) is 3.18. The second-order valence-electron chi connectivity index (χ2n) is 7.75. The number of carbonyl (C=O) groups excluding carboxylic acids is 1. The zero-order valence-corrected chi connectivity index (χ0v) is 15.6. The first-order valence-corrected chi connectivity index (χ1v) is 10.7. The van der Waals surface area contributed by atoms with Gasteiger partial charge in [-0.25, -0.2) is 13.1 Å². The van der Waals surface area contributed by atoms with E-state index in [0.29, 0.717) is 25.6 Å². The molecule has 2 heterocycles. The Hall–Kier alpha value is -0.700. The lowest BCUT2D eigenvalue weighted by atomic mass is 9.99. The Kier molecular flexibility index (Phi) is 5.20. The first kappa shape index (κ1) is 18.1. The van der Waals surface area contributed by atoms with Crippen LogP contribution in [0.5, 0.6) is 0 Å². The third-order valence-corrected chi connectivity index (χ3v) is 5.90. The fraction of sp³-hybridized carbons (Fsp3) is 0.938. The maximum atomic E-state index is 12.7. The Morgan fingerprint density at radius 1 is 1.12 bits per heavy atom. The van der Waals surface area contributed by atoms with Crippen LogP contribution in [-0.2, 0) is 19.6 Å². The normalized spacial score (nSPS) is 35.4. The molecule has 3 rings (SSSR count). The summed E-state index contributed by atoms with van der Waals surface area (Å²) in [5.41, 5.74) is 0. The van der Waals surface area contributed by atoms with Gasteiger partial charge in [-0.05, 0) is 38.5 Å². The molecule has 2 saturated heterocycles. The molecule has 0 spiro atoms. The van der Waals surface area contributed by atoms with E-state index < -0.39 is 10.0 Å². The Balaban J connectivity index is 1.59. The molecule has 0 aromatic rings. The molecular weight excluding hydrogens is 330 g/mol. The summed E-state index contributed by atoms with van der Waals surface area (Å²) in [5.74, 6) is 0.913. The van der Waals surface area contributed by atoms with Gasteiger partial charge in [0.1, 0.15) is 0 Å². The summed E-state index contributed by atoms with van der Waals surface area (Å²) in [4.78, 5) is 16.7. The number of sulfonamides is 1. The first-order chi connectivity index (χ1) is 11.2. The summed E-state index contributed by atoms with van der Waals surface area (Å²) in [6, 6.07) is -0.140. The van der Waals surface area contributed by atoms with Gasteiger partial charge in [0, 0.05) is 32.2 Å². The minimum atomic E-state index is -3.25. The first-order valence-electron chi connectivity index (χ1n) is 8.84. The SMILES string of the molecule is C[C@@H]1CN(CC(=O)N2C[C@@H](NS(C)(=O)=O)[C@H](C3CC3)C2)C[C@H](C)O1. The van der Waals surface area contributed by atoms with Crippen LogP contribution in [0, 0.1) is 11.8 Å². The number of morpholine rings is 1. The van der Waals surface area contributed by atoms with Crippen molar-refractivity contribution in [1.82, 2.24) is 14.5 Å². The van der Waals surface area contributed by atoms with Crippen LogP contribution in [0.25, 0.3) is 0 Å². The van der Waals surface area contributed by atoms with Crippen LogP contribution < -0.4 is 4.72 Å². The molecule has 1 aliphatic carbocycles. The van der Waals surface area contributed by atoms with Crippen molar-refractivity contribution < 1.29 is 17.9 Å². The quantitative estimate of drug-likeness (QED) is 0.741. The zero-order chi connectivity index (χ0) is 17.5. The van der Waals surface area contributed by atoms with Gasteiger partial charge >= 0.3 is 0 Å². The lowest BCUT2D eigenvalue weighted by Gasteiger charge is -2.35. The van der Waals surface area contributed by atoms with Crippen LogP contribution in [0.15, 0.2) is 0 Å². The number of ether oxygens (including phenoxy) is 1. The Morgan fingerprint density at radius 3 is 2.29 bits per heavy atom. The van der Waals surface area contributed by atoms with E-state index in [4.69, 9.17) is 4.74 Å². The summed E-state index contributed by atoms with van der Waals surface area (Å²) >= 11 is 0. The van der Waals surface area contributed by atoms with Crippen molar-refractivity contribution in [2.24, 2.45) is 11.8 Å². The van der Waals surface area contributed by atoms with Gasteiger partial charge in [-0.15, -0.1) is 0 Å². The summed E-state index contributed by atoms with van der Waals surface area (Å²) < 4.78 is 31.7. The zero-order valence-electron chi connectivity index (χ0n) is 14.8. The minimum absolute atomic E-state index is 0.0970. The summed E-state index contributed by atoms with van der Waals surface area (Å²) in [6.07, 6.45) is 3.76. The Morgan fingerprint density at radius 2 is 1.75 bits per heavy atom. The molecule has 7 nitrogen and oxygen atoms in total. The smallest absolute Gasteiger partial charge is 0.236 e. The van der Waals surface area contributed by atoms with Gasteiger partial charge in [0.2, 0.25) is 15.9 Å². The van der Waals surface area contributed by atoms with Crippen molar-refractivity contribution >= 4 is 15.9 Å². The van der Waals surface area contributed by atoms with E-state index in [2.05, 4.69) is 9.62 Å². The molecule has 0 aromatic carbocycles. The number of nitrogens with zero attached hydrogens (tertiary/aromatic N) is 2. The molecular formula is C16H29N3O4S. The van der Waals surface area contributed by atoms with Crippen molar-refractivity contribution in [2.75, 3.05) is 39.0 Å². The highest BCUT2D eigenvalue weighted by atomic mass is 32.2. The lowest BCUT2D eigenvalue weighted by molar-refractivity contribution is -0.135. The molecule has 1 saturated carbocycles. The van der Waals surface area contributed by atoms with Gasteiger partial charge < -0.3 is 9.64 Å².